The monoisotopic (exact) mass is 473 g/mol. The summed E-state index contributed by atoms with van der Waals surface area (Å²) in [6.45, 7) is 2.33. The second-order valence-corrected chi connectivity index (χ2v) is 8.37. The quantitative estimate of drug-likeness (QED) is 0.553. The Morgan fingerprint density at radius 2 is 1.88 bits per heavy atom. The van der Waals surface area contributed by atoms with Crippen LogP contribution in [0, 0.1) is 11.7 Å². The molecule has 1 fully saturated rings. The van der Waals surface area contributed by atoms with Gasteiger partial charge in [0.15, 0.2) is 6.10 Å². The van der Waals surface area contributed by atoms with Gasteiger partial charge in [0.05, 0.1) is 10.9 Å². The van der Waals surface area contributed by atoms with E-state index in [2.05, 4.69) is 0 Å². The lowest BCUT2D eigenvalue weighted by Crippen LogP contribution is -2.45. The molecule has 1 aliphatic heterocycles. The standard InChI is InChI=1S/C24H21ClFNO6/c1-13(23(29)27-8-6-14(7-9-27)24(30)31)32-16-3-5-18-19(12-22(28)33-21(18)11-16)17-4-2-15(26)10-20(17)25/h2-5,10-14H,6-9H2,1H3,(H,30,31). The molecule has 1 aromatic heterocycles. The van der Waals surface area contributed by atoms with Gasteiger partial charge < -0.3 is 19.2 Å². The van der Waals surface area contributed by atoms with E-state index in [-0.39, 0.29) is 16.5 Å². The number of carbonyl (C=O) groups excluding carboxylic acids is 1. The minimum Gasteiger partial charge on any atom is -0.481 e. The second-order valence-electron chi connectivity index (χ2n) is 7.96. The lowest BCUT2D eigenvalue weighted by Gasteiger charge is -2.32. The van der Waals surface area contributed by atoms with Crippen molar-refractivity contribution in [3.8, 4) is 16.9 Å². The van der Waals surface area contributed by atoms with Crippen molar-refractivity contribution in [3.63, 3.8) is 0 Å². The molecule has 0 aliphatic carbocycles. The number of likely N-dealkylation sites (tertiary alicyclic amines) is 1. The first-order valence-electron chi connectivity index (χ1n) is 10.4. The van der Waals surface area contributed by atoms with Crippen LogP contribution in [0.25, 0.3) is 22.1 Å². The van der Waals surface area contributed by atoms with Gasteiger partial charge >= 0.3 is 11.6 Å². The number of fused-ring (bicyclic) bond motifs is 1. The maximum Gasteiger partial charge on any atom is 0.336 e. The molecule has 2 aromatic carbocycles. The van der Waals surface area contributed by atoms with Gasteiger partial charge in [0, 0.05) is 41.7 Å². The van der Waals surface area contributed by atoms with Crippen molar-refractivity contribution >= 4 is 34.4 Å². The Bertz CT molecular complexity index is 1280. The summed E-state index contributed by atoms with van der Waals surface area (Å²) in [6.07, 6.45) is -0.00177. The number of ether oxygens (including phenoxy) is 1. The van der Waals surface area contributed by atoms with Gasteiger partial charge in [0.25, 0.3) is 5.91 Å². The number of hydrogen-bond donors (Lipinski definition) is 1. The molecule has 1 amide bonds. The summed E-state index contributed by atoms with van der Waals surface area (Å²) in [5, 5.41) is 9.84. The van der Waals surface area contributed by atoms with Crippen LogP contribution in [0.2, 0.25) is 5.02 Å². The summed E-state index contributed by atoms with van der Waals surface area (Å²) in [5.74, 6) is -1.68. The van der Waals surface area contributed by atoms with Gasteiger partial charge in [-0.15, -0.1) is 0 Å². The largest absolute Gasteiger partial charge is 0.481 e. The lowest BCUT2D eigenvalue weighted by molar-refractivity contribution is -0.147. The van der Waals surface area contributed by atoms with Crippen molar-refractivity contribution in [3.05, 3.63) is 63.7 Å². The molecule has 0 radical (unpaired) electrons. The highest BCUT2D eigenvalue weighted by Gasteiger charge is 2.30. The fourth-order valence-electron chi connectivity index (χ4n) is 4.01. The Kier molecular flexibility index (Phi) is 6.37. The first kappa shape index (κ1) is 22.8. The van der Waals surface area contributed by atoms with Crippen LogP contribution < -0.4 is 10.4 Å². The van der Waals surface area contributed by atoms with Crippen LogP contribution in [0.1, 0.15) is 19.8 Å². The maximum absolute atomic E-state index is 13.4. The summed E-state index contributed by atoms with van der Waals surface area (Å²) in [5.41, 5.74) is 0.596. The van der Waals surface area contributed by atoms with Crippen molar-refractivity contribution in [2.24, 2.45) is 5.92 Å². The summed E-state index contributed by atoms with van der Waals surface area (Å²) in [4.78, 5) is 37.6. The Labute approximate surface area is 193 Å². The summed E-state index contributed by atoms with van der Waals surface area (Å²) >= 11 is 6.18. The molecule has 7 nitrogen and oxygen atoms in total. The SMILES string of the molecule is CC(Oc1ccc2c(-c3ccc(F)cc3Cl)cc(=O)oc2c1)C(=O)N1CCC(C(=O)O)CC1. The van der Waals surface area contributed by atoms with E-state index in [4.69, 9.17) is 25.9 Å². The number of hydrogen-bond acceptors (Lipinski definition) is 5. The molecular weight excluding hydrogens is 453 g/mol. The molecule has 33 heavy (non-hydrogen) atoms. The normalized spacial score (nSPS) is 15.4. The molecule has 4 rings (SSSR count). The minimum atomic E-state index is -0.842. The fourth-order valence-corrected chi connectivity index (χ4v) is 4.27. The average molecular weight is 474 g/mol. The smallest absolute Gasteiger partial charge is 0.336 e. The van der Waals surface area contributed by atoms with Gasteiger partial charge in [-0.3, -0.25) is 9.59 Å². The highest BCUT2D eigenvalue weighted by molar-refractivity contribution is 6.33. The number of piperidine rings is 1. The van der Waals surface area contributed by atoms with Crippen LogP contribution in [-0.2, 0) is 9.59 Å². The van der Waals surface area contributed by atoms with Gasteiger partial charge in [-0.05, 0) is 50.1 Å². The lowest BCUT2D eigenvalue weighted by atomic mass is 9.97. The summed E-state index contributed by atoms with van der Waals surface area (Å²) in [7, 11) is 0. The molecule has 1 saturated heterocycles. The van der Waals surface area contributed by atoms with Crippen LogP contribution in [0.15, 0.2) is 51.7 Å². The highest BCUT2D eigenvalue weighted by atomic mass is 35.5. The molecule has 0 spiro atoms. The first-order chi connectivity index (χ1) is 15.7. The van der Waals surface area contributed by atoms with Crippen LogP contribution in [0.3, 0.4) is 0 Å². The van der Waals surface area contributed by atoms with Crippen LogP contribution in [0.4, 0.5) is 4.39 Å². The van der Waals surface area contributed by atoms with Crippen molar-refractivity contribution in [2.45, 2.75) is 25.9 Å². The average Bonchev–Trinajstić information content (AvgIpc) is 2.78. The number of benzene rings is 2. The molecule has 1 atom stereocenters. The van der Waals surface area contributed by atoms with E-state index in [1.165, 1.54) is 30.3 Å². The third-order valence-electron chi connectivity index (χ3n) is 5.75. The minimum absolute atomic E-state index is 0.160. The van der Waals surface area contributed by atoms with E-state index >= 15 is 0 Å². The van der Waals surface area contributed by atoms with E-state index < -0.39 is 29.4 Å². The van der Waals surface area contributed by atoms with E-state index in [9.17, 15) is 18.8 Å². The molecule has 1 aliphatic rings. The summed E-state index contributed by atoms with van der Waals surface area (Å²) in [6, 6.07) is 10.0. The molecule has 1 N–H and O–H groups in total. The number of carbonyl (C=O) groups is 2. The Morgan fingerprint density at radius 3 is 2.55 bits per heavy atom. The Hall–Kier alpha value is -3.39. The number of amides is 1. The molecule has 172 valence electrons. The van der Waals surface area contributed by atoms with Crippen molar-refractivity contribution < 1.29 is 28.2 Å². The number of halogens is 2. The van der Waals surface area contributed by atoms with Crippen molar-refractivity contribution in [2.75, 3.05) is 13.1 Å². The maximum atomic E-state index is 13.4. The number of aliphatic carboxylic acids is 1. The number of nitrogens with zero attached hydrogens (tertiary/aromatic N) is 1. The number of rotatable bonds is 5. The molecule has 9 heteroatoms. The van der Waals surface area contributed by atoms with Gasteiger partial charge in [-0.1, -0.05) is 11.6 Å². The third kappa shape index (κ3) is 4.85. The van der Waals surface area contributed by atoms with Gasteiger partial charge in [0.2, 0.25) is 0 Å². The predicted molar refractivity (Wildman–Crippen MR) is 120 cm³/mol. The molecule has 2 heterocycles. The van der Waals surface area contributed by atoms with E-state index in [1.54, 1.807) is 24.0 Å². The van der Waals surface area contributed by atoms with Gasteiger partial charge in [0.1, 0.15) is 17.1 Å². The van der Waals surface area contributed by atoms with Crippen LogP contribution in [0.5, 0.6) is 5.75 Å². The predicted octanol–water partition coefficient (Wildman–Crippen LogP) is 4.34. The van der Waals surface area contributed by atoms with E-state index in [1.807, 2.05) is 0 Å². The Balaban J connectivity index is 1.55. The number of carboxylic acid groups (broad SMARTS) is 1. The molecule has 1 unspecified atom stereocenters. The summed E-state index contributed by atoms with van der Waals surface area (Å²) < 4.78 is 24.6. The van der Waals surface area contributed by atoms with E-state index in [0.717, 1.165) is 0 Å². The molecule has 3 aromatic rings. The third-order valence-corrected chi connectivity index (χ3v) is 6.07. The first-order valence-corrected chi connectivity index (χ1v) is 10.8. The van der Waals surface area contributed by atoms with Gasteiger partial charge in [-0.2, -0.15) is 0 Å². The fraction of sp³-hybridized carbons (Fsp3) is 0.292. The highest BCUT2D eigenvalue weighted by Crippen LogP contribution is 2.34. The van der Waals surface area contributed by atoms with Crippen molar-refractivity contribution in [1.82, 2.24) is 4.90 Å². The van der Waals surface area contributed by atoms with Crippen LogP contribution >= 0.6 is 11.6 Å². The van der Waals surface area contributed by atoms with Crippen LogP contribution in [-0.4, -0.2) is 41.1 Å². The zero-order valence-corrected chi connectivity index (χ0v) is 18.5. The Morgan fingerprint density at radius 1 is 1.15 bits per heavy atom. The molecular formula is C24H21ClFNO6. The zero-order valence-electron chi connectivity index (χ0n) is 17.7. The number of carboxylic acids is 1. The van der Waals surface area contributed by atoms with E-state index in [0.29, 0.717) is 48.2 Å². The zero-order chi connectivity index (χ0) is 23.7. The molecule has 0 saturated carbocycles. The van der Waals surface area contributed by atoms with Crippen molar-refractivity contribution in [1.29, 1.82) is 0 Å². The second kappa shape index (κ2) is 9.23. The van der Waals surface area contributed by atoms with Gasteiger partial charge in [-0.25, -0.2) is 9.18 Å². The topological polar surface area (TPSA) is 97.0 Å². The molecule has 0 bridgehead atoms.